The van der Waals surface area contributed by atoms with Crippen LogP contribution >= 0.6 is 23.2 Å². The first kappa shape index (κ1) is 12.9. The molecule has 0 atom stereocenters. The third-order valence-corrected chi connectivity index (χ3v) is 3.09. The van der Waals surface area contributed by atoms with Gasteiger partial charge in [0.25, 0.3) is 0 Å². The molecule has 0 spiro atoms. The molecule has 1 aromatic heterocycles. The minimum Gasteiger partial charge on any atom is -0.256 e. The van der Waals surface area contributed by atoms with E-state index in [0.717, 1.165) is 5.52 Å². The van der Waals surface area contributed by atoms with Crippen molar-refractivity contribution in [3.05, 3.63) is 76.9 Å². The summed E-state index contributed by atoms with van der Waals surface area (Å²) in [6.07, 6.45) is 1.81. The molecule has 1 heterocycles. The summed E-state index contributed by atoms with van der Waals surface area (Å²) in [4.78, 5) is 4.18. The van der Waals surface area contributed by atoms with E-state index < -0.39 is 0 Å². The Bertz CT molecular complexity index is 551. The molecule has 0 saturated heterocycles. The second-order valence-corrected chi connectivity index (χ2v) is 4.42. The van der Waals surface area contributed by atoms with E-state index in [1.54, 1.807) is 12.1 Å². The second kappa shape index (κ2) is 6.39. The lowest BCUT2D eigenvalue weighted by Gasteiger charge is -1.91. The van der Waals surface area contributed by atoms with Crippen LogP contribution in [0.5, 0.6) is 0 Å². The lowest BCUT2D eigenvalue weighted by molar-refractivity contribution is 1.41. The molecule has 0 amide bonds. The van der Waals surface area contributed by atoms with Crippen molar-refractivity contribution in [2.45, 2.75) is 0 Å². The lowest BCUT2D eigenvalue weighted by atomic mass is 10.2. The van der Waals surface area contributed by atoms with Gasteiger partial charge in [0.15, 0.2) is 0 Å². The van der Waals surface area contributed by atoms with Gasteiger partial charge in [0.1, 0.15) is 0 Å². The normalized spacial score (nSPS) is 9.67. The van der Waals surface area contributed by atoms with Crippen LogP contribution in [0.2, 0.25) is 10.0 Å². The van der Waals surface area contributed by atoms with Crippen molar-refractivity contribution in [1.29, 1.82) is 0 Å². The van der Waals surface area contributed by atoms with Gasteiger partial charge in [-0.2, -0.15) is 0 Å². The van der Waals surface area contributed by atoms with Gasteiger partial charge < -0.3 is 0 Å². The molecule has 3 aromatic rings. The van der Waals surface area contributed by atoms with Crippen LogP contribution in [0, 0.1) is 0 Å². The van der Waals surface area contributed by atoms with E-state index in [0.29, 0.717) is 10.0 Å². The Morgan fingerprint density at radius 2 is 1.22 bits per heavy atom. The molecule has 3 rings (SSSR count). The van der Waals surface area contributed by atoms with E-state index in [4.69, 9.17) is 23.2 Å². The number of benzene rings is 2. The monoisotopic (exact) mass is 275 g/mol. The number of halogens is 2. The van der Waals surface area contributed by atoms with Crippen LogP contribution < -0.4 is 0 Å². The van der Waals surface area contributed by atoms with Crippen molar-refractivity contribution < 1.29 is 0 Å². The summed E-state index contributed by atoms with van der Waals surface area (Å²) in [5, 5.41) is 2.41. The van der Waals surface area contributed by atoms with Gasteiger partial charge in [0.05, 0.1) is 15.6 Å². The standard InChI is InChI=1S/C9H7N.C6H4Cl2/c1-2-6-9-8(4-1)5-3-7-10-9;7-5-3-1-2-4-6(5)8/h1-7H;1-4H. The number of pyridine rings is 1. The van der Waals surface area contributed by atoms with Crippen LogP contribution in [-0.4, -0.2) is 4.98 Å². The number of rotatable bonds is 0. The van der Waals surface area contributed by atoms with Crippen molar-refractivity contribution in [3.8, 4) is 0 Å². The number of aromatic nitrogens is 1. The Morgan fingerprint density at radius 1 is 0.667 bits per heavy atom. The van der Waals surface area contributed by atoms with Crippen LogP contribution in [0.1, 0.15) is 0 Å². The summed E-state index contributed by atoms with van der Waals surface area (Å²) in [5.41, 5.74) is 1.06. The fourth-order valence-corrected chi connectivity index (χ4v) is 1.73. The van der Waals surface area contributed by atoms with E-state index in [2.05, 4.69) is 17.1 Å². The summed E-state index contributed by atoms with van der Waals surface area (Å²) in [7, 11) is 0. The highest BCUT2D eigenvalue weighted by Crippen LogP contribution is 2.19. The Kier molecular flexibility index (Phi) is 4.57. The fraction of sp³-hybridized carbons (Fsp3) is 0. The molecule has 1 nitrogen and oxygen atoms in total. The highest BCUT2D eigenvalue weighted by Gasteiger charge is 1.89. The lowest BCUT2D eigenvalue weighted by Crippen LogP contribution is -1.73. The summed E-state index contributed by atoms with van der Waals surface area (Å²) >= 11 is 11.2. The van der Waals surface area contributed by atoms with Crippen molar-refractivity contribution >= 4 is 34.1 Å². The summed E-state index contributed by atoms with van der Waals surface area (Å²) in [6.45, 7) is 0. The van der Waals surface area contributed by atoms with E-state index in [1.165, 1.54) is 5.39 Å². The number of hydrogen-bond donors (Lipinski definition) is 0. The zero-order chi connectivity index (χ0) is 12.8. The predicted molar refractivity (Wildman–Crippen MR) is 78.2 cm³/mol. The van der Waals surface area contributed by atoms with Crippen LogP contribution in [0.25, 0.3) is 10.9 Å². The van der Waals surface area contributed by atoms with E-state index in [1.807, 2.05) is 42.6 Å². The molecule has 0 N–H and O–H groups in total. The fourth-order valence-electron chi connectivity index (χ4n) is 1.46. The summed E-state index contributed by atoms with van der Waals surface area (Å²) in [5.74, 6) is 0. The van der Waals surface area contributed by atoms with Crippen molar-refractivity contribution in [2.75, 3.05) is 0 Å². The minimum absolute atomic E-state index is 0.606. The molecule has 0 aliphatic rings. The van der Waals surface area contributed by atoms with Crippen LogP contribution in [-0.2, 0) is 0 Å². The maximum Gasteiger partial charge on any atom is 0.0701 e. The number of hydrogen-bond acceptors (Lipinski definition) is 1. The molecular weight excluding hydrogens is 265 g/mol. The van der Waals surface area contributed by atoms with Crippen LogP contribution in [0.15, 0.2) is 66.9 Å². The van der Waals surface area contributed by atoms with Gasteiger partial charge in [0, 0.05) is 11.6 Å². The van der Waals surface area contributed by atoms with Gasteiger partial charge >= 0.3 is 0 Å². The molecule has 3 heteroatoms. The maximum atomic E-state index is 5.58. The van der Waals surface area contributed by atoms with E-state index >= 15 is 0 Å². The minimum atomic E-state index is 0.606. The third-order valence-electron chi connectivity index (χ3n) is 2.34. The Hall–Kier alpha value is -1.57. The molecule has 0 radical (unpaired) electrons. The van der Waals surface area contributed by atoms with Crippen molar-refractivity contribution in [3.63, 3.8) is 0 Å². The largest absolute Gasteiger partial charge is 0.256 e. The highest BCUT2D eigenvalue weighted by atomic mass is 35.5. The van der Waals surface area contributed by atoms with Gasteiger partial charge in [0.2, 0.25) is 0 Å². The van der Waals surface area contributed by atoms with E-state index in [-0.39, 0.29) is 0 Å². The third kappa shape index (κ3) is 3.46. The topological polar surface area (TPSA) is 12.9 Å². The molecule has 0 fully saturated rings. The molecule has 0 saturated carbocycles. The smallest absolute Gasteiger partial charge is 0.0701 e. The molecule has 0 unspecified atom stereocenters. The summed E-state index contributed by atoms with van der Waals surface area (Å²) in [6, 6.07) is 19.3. The first-order valence-electron chi connectivity index (χ1n) is 5.47. The van der Waals surface area contributed by atoms with Crippen LogP contribution in [0.4, 0.5) is 0 Å². The molecule has 0 aliphatic heterocycles. The molecule has 90 valence electrons. The first-order chi connectivity index (χ1) is 8.77. The molecule has 2 aromatic carbocycles. The highest BCUT2D eigenvalue weighted by molar-refractivity contribution is 6.41. The van der Waals surface area contributed by atoms with Gasteiger partial charge in [-0.15, -0.1) is 0 Å². The van der Waals surface area contributed by atoms with Gasteiger partial charge in [-0.3, -0.25) is 4.98 Å². The molecular formula is C15H11Cl2N. The average molecular weight is 276 g/mol. The Labute approximate surface area is 116 Å². The van der Waals surface area contributed by atoms with Crippen molar-refractivity contribution in [2.24, 2.45) is 0 Å². The second-order valence-electron chi connectivity index (χ2n) is 3.61. The maximum absolute atomic E-state index is 5.58. The number of para-hydroxylation sites is 1. The Morgan fingerprint density at radius 3 is 1.83 bits per heavy atom. The van der Waals surface area contributed by atoms with Gasteiger partial charge in [-0.25, -0.2) is 0 Å². The number of nitrogens with zero attached hydrogens (tertiary/aromatic N) is 1. The summed E-state index contributed by atoms with van der Waals surface area (Å²) < 4.78 is 0. The molecule has 0 aliphatic carbocycles. The zero-order valence-corrected chi connectivity index (χ0v) is 11.1. The molecule has 0 bridgehead atoms. The average Bonchev–Trinajstić information content (AvgIpc) is 2.43. The SMILES string of the molecule is Clc1ccccc1Cl.c1ccc2ncccc2c1. The van der Waals surface area contributed by atoms with Crippen LogP contribution in [0.3, 0.4) is 0 Å². The zero-order valence-electron chi connectivity index (χ0n) is 9.55. The number of fused-ring (bicyclic) bond motifs is 1. The molecule has 18 heavy (non-hydrogen) atoms. The first-order valence-corrected chi connectivity index (χ1v) is 6.23. The predicted octanol–water partition coefficient (Wildman–Crippen LogP) is 5.23. The van der Waals surface area contributed by atoms with Gasteiger partial charge in [-0.05, 0) is 24.3 Å². The quantitative estimate of drug-likeness (QED) is 0.548. The van der Waals surface area contributed by atoms with Gasteiger partial charge in [-0.1, -0.05) is 59.6 Å². The Balaban J connectivity index is 0.000000138. The van der Waals surface area contributed by atoms with Crippen molar-refractivity contribution in [1.82, 2.24) is 4.98 Å². The van der Waals surface area contributed by atoms with E-state index in [9.17, 15) is 0 Å².